The number of hydrogen-bond donors (Lipinski definition) is 1. The van der Waals surface area contributed by atoms with Gasteiger partial charge in [0.05, 0.1) is 6.61 Å². The van der Waals surface area contributed by atoms with Crippen LogP contribution >= 0.6 is 22.9 Å². The number of esters is 1. The fraction of sp³-hybridized carbons (Fsp3) is 0.286. The Balaban J connectivity index is 1.82. The number of nitrogens with zero attached hydrogens (tertiary/aromatic N) is 1. The zero-order valence-electron chi connectivity index (χ0n) is 11.1. The summed E-state index contributed by atoms with van der Waals surface area (Å²) in [5.41, 5.74) is 1.55. The van der Waals surface area contributed by atoms with Crippen molar-refractivity contribution in [2.45, 2.75) is 13.3 Å². The minimum absolute atomic E-state index is 0.353. The molecule has 20 heavy (non-hydrogen) atoms. The molecule has 2 aromatic rings. The van der Waals surface area contributed by atoms with E-state index in [-0.39, 0.29) is 5.97 Å². The van der Waals surface area contributed by atoms with Crippen LogP contribution in [0.5, 0.6) is 0 Å². The summed E-state index contributed by atoms with van der Waals surface area (Å²) in [7, 11) is 0. The Bertz CT molecular complexity index is 569. The standard InChI is InChI=1S/C14H15ClN2O2S/c1-2-19-13(18)12-9-20-14(17-12)16-8-7-10-3-5-11(15)6-4-10/h3-6,9H,2,7-8H2,1H3,(H,16,17). The molecule has 1 aromatic carbocycles. The molecule has 0 saturated carbocycles. The highest BCUT2D eigenvalue weighted by atomic mass is 35.5. The molecule has 6 heteroatoms. The molecule has 0 atom stereocenters. The van der Waals surface area contributed by atoms with E-state index < -0.39 is 0 Å². The van der Waals surface area contributed by atoms with Gasteiger partial charge in [-0.25, -0.2) is 9.78 Å². The SMILES string of the molecule is CCOC(=O)c1csc(NCCc2ccc(Cl)cc2)n1. The lowest BCUT2D eigenvalue weighted by Crippen LogP contribution is -2.07. The van der Waals surface area contributed by atoms with Crippen molar-refractivity contribution in [2.75, 3.05) is 18.5 Å². The maximum absolute atomic E-state index is 11.5. The van der Waals surface area contributed by atoms with Crippen molar-refractivity contribution in [2.24, 2.45) is 0 Å². The number of rotatable bonds is 6. The number of aromatic nitrogens is 1. The lowest BCUT2D eigenvalue weighted by Gasteiger charge is -2.03. The molecular weight excluding hydrogens is 296 g/mol. The molecule has 0 bridgehead atoms. The van der Waals surface area contributed by atoms with Crippen molar-refractivity contribution in [1.29, 1.82) is 0 Å². The average molecular weight is 311 g/mol. The normalized spacial score (nSPS) is 10.3. The van der Waals surface area contributed by atoms with Gasteiger partial charge in [0.1, 0.15) is 0 Å². The summed E-state index contributed by atoms with van der Waals surface area (Å²) in [6, 6.07) is 7.74. The van der Waals surface area contributed by atoms with E-state index in [1.165, 1.54) is 16.9 Å². The number of benzene rings is 1. The highest BCUT2D eigenvalue weighted by Crippen LogP contribution is 2.16. The second kappa shape index (κ2) is 7.26. The van der Waals surface area contributed by atoms with Gasteiger partial charge in [-0.2, -0.15) is 0 Å². The summed E-state index contributed by atoms with van der Waals surface area (Å²) in [4.78, 5) is 15.7. The van der Waals surface area contributed by atoms with Crippen LogP contribution < -0.4 is 5.32 Å². The zero-order valence-corrected chi connectivity index (χ0v) is 12.6. The minimum Gasteiger partial charge on any atom is -0.461 e. The fourth-order valence-corrected chi connectivity index (χ4v) is 2.45. The third-order valence-corrected chi connectivity index (χ3v) is 3.64. The van der Waals surface area contributed by atoms with E-state index >= 15 is 0 Å². The number of carbonyl (C=O) groups excluding carboxylic acids is 1. The monoisotopic (exact) mass is 310 g/mol. The molecule has 0 aliphatic rings. The third kappa shape index (κ3) is 4.21. The van der Waals surface area contributed by atoms with Gasteiger partial charge >= 0.3 is 5.97 Å². The van der Waals surface area contributed by atoms with E-state index in [0.717, 1.165) is 23.1 Å². The molecule has 106 valence electrons. The molecule has 0 aliphatic heterocycles. The van der Waals surface area contributed by atoms with Crippen molar-refractivity contribution in [3.8, 4) is 0 Å². The van der Waals surface area contributed by atoms with E-state index in [4.69, 9.17) is 16.3 Å². The number of ether oxygens (including phenoxy) is 1. The highest BCUT2D eigenvalue weighted by Gasteiger charge is 2.10. The van der Waals surface area contributed by atoms with Gasteiger partial charge in [0.2, 0.25) is 0 Å². The topological polar surface area (TPSA) is 51.2 Å². The van der Waals surface area contributed by atoms with E-state index in [9.17, 15) is 4.79 Å². The van der Waals surface area contributed by atoms with Gasteiger partial charge in [0, 0.05) is 16.9 Å². The molecule has 0 spiro atoms. The van der Waals surface area contributed by atoms with E-state index in [0.29, 0.717) is 12.3 Å². The summed E-state index contributed by atoms with van der Waals surface area (Å²) in [5.74, 6) is -0.380. The number of nitrogens with one attached hydrogen (secondary N) is 1. The van der Waals surface area contributed by atoms with Gasteiger partial charge in [0.25, 0.3) is 0 Å². The zero-order chi connectivity index (χ0) is 14.4. The van der Waals surface area contributed by atoms with Gasteiger partial charge in [-0.05, 0) is 31.0 Å². The first-order valence-electron chi connectivity index (χ1n) is 6.30. The number of anilines is 1. The Hall–Kier alpha value is -1.59. The molecule has 0 aliphatic carbocycles. The number of halogens is 1. The molecule has 1 heterocycles. The van der Waals surface area contributed by atoms with E-state index in [1.54, 1.807) is 12.3 Å². The Kier molecular flexibility index (Phi) is 5.38. The van der Waals surface area contributed by atoms with Gasteiger partial charge in [0.15, 0.2) is 10.8 Å². The first-order chi connectivity index (χ1) is 9.69. The summed E-state index contributed by atoms with van der Waals surface area (Å²) in [5, 5.41) is 6.35. The number of hydrogen-bond acceptors (Lipinski definition) is 5. The Morgan fingerprint density at radius 1 is 1.40 bits per heavy atom. The first-order valence-corrected chi connectivity index (χ1v) is 7.55. The molecule has 4 nitrogen and oxygen atoms in total. The Morgan fingerprint density at radius 3 is 2.85 bits per heavy atom. The molecule has 0 radical (unpaired) electrons. The fourth-order valence-electron chi connectivity index (χ4n) is 1.62. The van der Waals surface area contributed by atoms with Crippen molar-refractivity contribution in [3.63, 3.8) is 0 Å². The second-order valence-corrected chi connectivity index (χ2v) is 5.36. The van der Waals surface area contributed by atoms with Crippen LogP contribution in [0.25, 0.3) is 0 Å². The summed E-state index contributed by atoms with van der Waals surface area (Å²) in [6.45, 7) is 2.88. The predicted octanol–water partition coefficient (Wildman–Crippen LogP) is 3.63. The smallest absolute Gasteiger partial charge is 0.357 e. The first kappa shape index (κ1) is 14.8. The van der Waals surface area contributed by atoms with Crippen LogP contribution in [0.2, 0.25) is 5.02 Å². The quantitative estimate of drug-likeness (QED) is 0.828. The van der Waals surface area contributed by atoms with E-state index in [1.807, 2.05) is 24.3 Å². The van der Waals surface area contributed by atoms with Crippen LogP contribution in [0.3, 0.4) is 0 Å². The summed E-state index contributed by atoms with van der Waals surface area (Å²) < 4.78 is 4.89. The Labute approximate surface area is 126 Å². The molecule has 0 saturated heterocycles. The minimum atomic E-state index is -0.380. The van der Waals surface area contributed by atoms with Crippen LogP contribution in [-0.2, 0) is 11.2 Å². The average Bonchev–Trinajstić information content (AvgIpc) is 2.90. The number of carbonyl (C=O) groups is 1. The third-order valence-electron chi connectivity index (χ3n) is 2.59. The molecule has 0 amide bonds. The van der Waals surface area contributed by atoms with Crippen LogP contribution in [0, 0.1) is 0 Å². The molecule has 1 N–H and O–H groups in total. The predicted molar refractivity (Wildman–Crippen MR) is 81.7 cm³/mol. The van der Waals surface area contributed by atoms with Crippen molar-refractivity contribution in [1.82, 2.24) is 4.98 Å². The Morgan fingerprint density at radius 2 is 2.15 bits per heavy atom. The molecule has 2 rings (SSSR count). The van der Waals surface area contributed by atoms with Gasteiger partial charge in [-0.3, -0.25) is 0 Å². The van der Waals surface area contributed by atoms with Crippen LogP contribution in [0.15, 0.2) is 29.6 Å². The molecule has 0 unspecified atom stereocenters. The maximum Gasteiger partial charge on any atom is 0.357 e. The van der Waals surface area contributed by atoms with Crippen molar-refractivity contribution >= 4 is 34.0 Å². The van der Waals surface area contributed by atoms with Crippen molar-refractivity contribution < 1.29 is 9.53 Å². The second-order valence-electron chi connectivity index (χ2n) is 4.06. The molecule has 1 aromatic heterocycles. The van der Waals surface area contributed by atoms with Gasteiger partial charge in [-0.15, -0.1) is 11.3 Å². The number of thiazole rings is 1. The molecule has 0 fully saturated rings. The van der Waals surface area contributed by atoms with Crippen LogP contribution in [0.4, 0.5) is 5.13 Å². The molecular formula is C14H15ClN2O2S. The summed E-state index contributed by atoms with van der Waals surface area (Å²) >= 11 is 7.23. The largest absolute Gasteiger partial charge is 0.461 e. The van der Waals surface area contributed by atoms with E-state index in [2.05, 4.69) is 10.3 Å². The van der Waals surface area contributed by atoms with Gasteiger partial charge < -0.3 is 10.1 Å². The summed E-state index contributed by atoms with van der Waals surface area (Å²) in [6.07, 6.45) is 0.867. The van der Waals surface area contributed by atoms with Crippen LogP contribution in [0.1, 0.15) is 23.0 Å². The lowest BCUT2D eigenvalue weighted by molar-refractivity contribution is 0.0520. The van der Waals surface area contributed by atoms with Crippen LogP contribution in [-0.4, -0.2) is 24.1 Å². The lowest BCUT2D eigenvalue weighted by atomic mass is 10.1. The van der Waals surface area contributed by atoms with Gasteiger partial charge in [-0.1, -0.05) is 23.7 Å². The van der Waals surface area contributed by atoms with Crippen molar-refractivity contribution in [3.05, 3.63) is 45.9 Å². The highest BCUT2D eigenvalue weighted by molar-refractivity contribution is 7.13. The maximum atomic E-state index is 11.5.